The number of hydrogen-bond donors (Lipinski definition) is 0. The Morgan fingerprint density at radius 1 is 0.583 bits per heavy atom. The fourth-order valence-electron chi connectivity index (χ4n) is 4.67. The molecule has 0 fully saturated rings. The van der Waals surface area contributed by atoms with Crippen LogP contribution in [0.2, 0.25) is 0 Å². The van der Waals surface area contributed by atoms with Crippen LogP contribution in [0.3, 0.4) is 0 Å². The second kappa shape index (κ2) is 5.05. The van der Waals surface area contributed by atoms with Gasteiger partial charge in [0.15, 0.2) is 0 Å². The summed E-state index contributed by atoms with van der Waals surface area (Å²) in [5.41, 5.74) is 7.41. The van der Waals surface area contributed by atoms with Crippen molar-refractivity contribution < 1.29 is 0 Å². The molecule has 0 amide bonds. The van der Waals surface area contributed by atoms with Crippen LogP contribution in [0.25, 0.3) is 0 Å². The Morgan fingerprint density at radius 3 is 1.25 bits per heavy atom. The van der Waals surface area contributed by atoms with Crippen LogP contribution in [0.5, 0.6) is 0 Å². The van der Waals surface area contributed by atoms with Crippen LogP contribution in [0.1, 0.15) is 39.3 Å². The van der Waals surface area contributed by atoms with E-state index in [1.807, 2.05) is 0 Å². The molecule has 24 heavy (non-hydrogen) atoms. The van der Waals surface area contributed by atoms with Gasteiger partial charge in [0.05, 0.1) is 0 Å². The molecule has 0 nitrogen and oxygen atoms in total. The molecule has 0 aromatic heterocycles. The van der Waals surface area contributed by atoms with Crippen LogP contribution < -0.4 is 0 Å². The second-order valence-electron chi connectivity index (χ2n) is 6.44. The Morgan fingerprint density at radius 2 is 0.917 bits per heavy atom. The molecule has 0 aliphatic heterocycles. The van der Waals surface area contributed by atoms with E-state index in [9.17, 15) is 0 Å². The molecule has 0 radical (unpaired) electrons. The summed E-state index contributed by atoms with van der Waals surface area (Å²) in [6.45, 7) is 0. The Labute approximate surface area is 156 Å². The number of benzene rings is 3. The molecule has 0 saturated carbocycles. The normalized spacial score (nSPS) is 23.4. The van der Waals surface area contributed by atoms with Gasteiger partial charge < -0.3 is 0 Å². The van der Waals surface area contributed by atoms with Crippen molar-refractivity contribution in [1.82, 2.24) is 0 Å². The van der Waals surface area contributed by atoms with Crippen molar-refractivity contribution in [2.24, 2.45) is 0 Å². The van der Waals surface area contributed by atoms with Gasteiger partial charge in [0, 0.05) is 0 Å². The first-order valence-electron chi connectivity index (χ1n) is 7.92. The number of hydrogen-bond acceptors (Lipinski definition) is 0. The van der Waals surface area contributed by atoms with Crippen LogP contribution in [-0.4, -0.2) is 10.5 Å². The van der Waals surface area contributed by atoms with E-state index in [4.69, 9.17) is 30.0 Å². The molecule has 3 aliphatic rings. The van der Waals surface area contributed by atoms with Crippen LogP contribution in [-0.2, 0) is 4.25 Å². The summed E-state index contributed by atoms with van der Waals surface area (Å²) in [6, 6.07) is 25.5. The van der Waals surface area contributed by atoms with E-state index in [1.165, 1.54) is 33.4 Å². The first kappa shape index (κ1) is 15.3. The van der Waals surface area contributed by atoms with Crippen LogP contribution >= 0.6 is 30.0 Å². The molecule has 0 unspecified atom stereocenters. The molecule has 4 heteroatoms. The zero-order valence-electron chi connectivity index (χ0n) is 12.6. The van der Waals surface area contributed by atoms with Gasteiger partial charge in [-0.15, -0.1) is 0 Å². The Bertz CT molecular complexity index is 859. The van der Waals surface area contributed by atoms with Gasteiger partial charge in [0.2, 0.25) is 0 Å². The van der Waals surface area contributed by atoms with Crippen molar-refractivity contribution in [2.45, 2.75) is 10.2 Å². The van der Waals surface area contributed by atoms with Crippen molar-refractivity contribution in [3.05, 3.63) is 106 Å². The first-order chi connectivity index (χ1) is 11.6. The van der Waals surface area contributed by atoms with Crippen molar-refractivity contribution in [3.8, 4) is 0 Å². The van der Waals surface area contributed by atoms with E-state index in [1.54, 1.807) is 0 Å². The van der Waals surface area contributed by atoms with Crippen LogP contribution in [0.15, 0.2) is 72.8 Å². The fourth-order valence-corrected chi connectivity index (χ4v) is 12.8. The van der Waals surface area contributed by atoms with Crippen LogP contribution in [0.4, 0.5) is 0 Å². The average Bonchev–Trinajstić information content (AvgIpc) is 2.60. The Hall–Kier alpha value is -0.927. The average molecular weight is 432 g/mol. The van der Waals surface area contributed by atoms with Crippen molar-refractivity contribution in [3.63, 3.8) is 0 Å². The fraction of sp³-hybridized carbons (Fsp3) is 0.100. The van der Waals surface area contributed by atoms with Crippen LogP contribution in [0, 0.1) is 0 Å². The molecule has 3 aromatic carbocycles. The van der Waals surface area contributed by atoms with Gasteiger partial charge in [-0.3, -0.25) is 0 Å². The second-order valence-corrected chi connectivity index (χ2v) is 22.0. The predicted octanol–water partition coefficient (Wildman–Crippen LogP) is 6.02. The minimum absolute atomic E-state index is 0.227. The summed E-state index contributed by atoms with van der Waals surface area (Å²) in [5, 5.41) is 0. The standard InChI is InChI=1S/C20H13Cl3Ge/c21-24(22,23)20-16-10-4-1-7-13(16)19(14-8-2-5-11-17(14)20)15-9-3-6-12-18(15)20/h1-12,19H. The summed E-state index contributed by atoms with van der Waals surface area (Å²) >= 11 is 0. The molecule has 0 atom stereocenters. The van der Waals surface area contributed by atoms with Crippen molar-refractivity contribution in [2.75, 3.05) is 0 Å². The third kappa shape index (κ3) is 1.68. The number of rotatable bonds is 1. The van der Waals surface area contributed by atoms with Crippen molar-refractivity contribution >= 4 is 40.5 Å². The zero-order valence-corrected chi connectivity index (χ0v) is 17.0. The molecular weight excluding hydrogens is 419 g/mol. The third-order valence-corrected chi connectivity index (χ3v) is 13.4. The summed E-state index contributed by atoms with van der Waals surface area (Å²) in [7, 11) is 16.9. The summed E-state index contributed by atoms with van der Waals surface area (Å²) < 4.78 is -0.594. The SMILES string of the molecule is [Cl][Ge]([Cl])([Cl])[C]12c3ccccc3C(c3ccccc31)c1ccccc12. The van der Waals surface area contributed by atoms with Gasteiger partial charge in [0.1, 0.15) is 0 Å². The summed E-state index contributed by atoms with van der Waals surface area (Å²) in [5.74, 6) is 0.227. The van der Waals surface area contributed by atoms with E-state index in [0.717, 1.165) is 0 Å². The molecule has 0 N–H and O–H groups in total. The van der Waals surface area contributed by atoms with Crippen molar-refractivity contribution in [1.29, 1.82) is 0 Å². The molecule has 0 heterocycles. The zero-order chi connectivity index (χ0) is 16.5. The predicted molar refractivity (Wildman–Crippen MR) is 103 cm³/mol. The molecule has 118 valence electrons. The summed E-state index contributed by atoms with van der Waals surface area (Å²) in [4.78, 5) is 0. The molecule has 2 bridgehead atoms. The topological polar surface area (TPSA) is 0 Å². The quantitative estimate of drug-likeness (QED) is 0.413. The van der Waals surface area contributed by atoms with Gasteiger partial charge in [-0.25, -0.2) is 0 Å². The third-order valence-electron chi connectivity index (χ3n) is 5.45. The van der Waals surface area contributed by atoms with E-state index in [2.05, 4.69) is 72.8 Å². The molecule has 3 aromatic rings. The maximum absolute atomic E-state index is 6.90. The monoisotopic (exact) mass is 432 g/mol. The maximum atomic E-state index is 6.90. The Balaban J connectivity index is 2.04. The van der Waals surface area contributed by atoms with Gasteiger partial charge in [-0.05, 0) is 0 Å². The van der Waals surface area contributed by atoms with E-state index >= 15 is 0 Å². The summed E-state index contributed by atoms with van der Waals surface area (Å²) in [6.07, 6.45) is 0. The van der Waals surface area contributed by atoms with Gasteiger partial charge in [-0.2, -0.15) is 0 Å². The molecular formula is C20H13Cl3Ge. The molecule has 3 aliphatic carbocycles. The van der Waals surface area contributed by atoms with Gasteiger partial charge >= 0.3 is 157 Å². The van der Waals surface area contributed by atoms with E-state index in [0.29, 0.717) is 0 Å². The molecule has 0 spiro atoms. The molecule has 6 rings (SSSR count). The van der Waals surface area contributed by atoms with Gasteiger partial charge in [-0.1, -0.05) is 0 Å². The minimum atomic E-state index is -3.80. The first-order valence-corrected chi connectivity index (χ1v) is 17.2. The van der Waals surface area contributed by atoms with Gasteiger partial charge in [0.25, 0.3) is 0 Å². The van der Waals surface area contributed by atoms with E-state index in [-0.39, 0.29) is 5.92 Å². The molecule has 0 saturated heterocycles. The Kier molecular flexibility index (Phi) is 3.22. The number of halogens is 3. The van der Waals surface area contributed by atoms with E-state index < -0.39 is 14.7 Å².